The van der Waals surface area contributed by atoms with Crippen LogP contribution in [0.15, 0.2) is 41.8 Å². The molecule has 24 heavy (non-hydrogen) atoms. The van der Waals surface area contributed by atoms with Gasteiger partial charge >= 0.3 is 12.4 Å². The van der Waals surface area contributed by atoms with Crippen molar-refractivity contribution >= 4 is 34.1 Å². The van der Waals surface area contributed by atoms with Crippen molar-refractivity contribution in [1.82, 2.24) is 4.90 Å². The van der Waals surface area contributed by atoms with E-state index in [1.54, 1.807) is 28.8 Å². The third-order valence-electron chi connectivity index (χ3n) is 3.30. The molecular weight excluding hydrogens is 361 g/mol. The first-order valence-electron chi connectivity index (χ1n) is 7.01. The summed E-state index contributed by atoms with van der Waals surface area (Å²) in [5, 5.41) is 5.21. The molecule has 0 saturated carbocycles. The zero-order valence-corrected chi connectivity index (χ0v) is 13.9. The second-order valence-electron chi connectivity index (χ2n) is 4.94. The summed E-state index contributed by atoms with van der Waals surface area (Å²) in [4.78, 5) is 14.1. The number of rotatable bonds is 3. The largest absolute Gasteiger partial charge is 0.573 e. The molecule has 1 unspecified atom stereocenters. The van der Waals surface area contributed by atoms with E-state index in [4.69, 9.17) is 0 Å². The maximum atomic E-state index is 12.4. The smallest absolute Gasteiger partial charge is 0.406 e. The molecule has 9 heteroatoms. The Morgan fingerprint density at radius 1 is 1.25 bits per heavy atom. The molecule has 1 N–H and O–H groups in total. The van der Waals surface area contributed by atoms with Gasteiger partial charge in [0.05, 0.1) is 5.00 Å². The maximum absolute atomic E-state index is 12.4. The fourth-order valence-electron chi connectivity index (χ4n) is 2.32. The lowest BCUT2D eigenvalue weighted by Crippen LogP contribution is -2.34. The Morgan fingerprint density at radius 2 is 2.00 bits per heavy atom. The van der Waals surface area contributed by atoms with Crippen molar-refractivity contribution in [1.29, 1.82) is 0 Å². The van der Waals surface area contributed by atoms with Crippen LogP contribution in [0, 0.1) is 0 Å². The molecule has 0 radical (unpaired) electrons. The number of carbonyl (C=O) groups excluding carboxylic acids is 1. The highest BCUT2D eigenvalue weighted by atomic mass is 32.2. The molecule has 1 fully saturated rings. The average Bonchev–Trinajstić information content (AvgIpc) is 3.17. The summed E-state index contributed by atoms with van der Waals surface area (Å²) in [5.74, 6) is 0.493. The number of hydrogen-bond acceptors (Lipinski definition) is 4. The monoisotopic (exact) mass is 374 g/mol. The zero-order chi connectivity index (χ0) is 17.2. The molecule has 2 amide bonds. The van der Waals surface area contributed by atoms with Crippen LogP contribution in [0.1, 0.15) is 10.9 Å². The molecule has 1 aromatic heterocycles. The lowest BCUT2D eigenvalue weighted by molar-refractivity contribution is -0.274. The quantitative estimate of drug-likeness (QED) is 0.829. The van der Waals surface area contributed by atoms with E-state index < -0.39 is 6.36 Å². The first-order valence-corrected chi connectivity index (χ1v) is 8.94. The third-order valence-corrected chi connectivity index (χ3v) is 5.35. The fourth-order valence-corrected chi connectivity index (χ4v) is 4.18. The minimum Gasteiger partial charge on any atom is -0.406 e. The van der Waals surface area contributed by atoms with Crippen molar-refractivity contribution in [3.63, 3.8) is 0 Å². The van der Waals surface area contributed by atoms with Gasteiger partial charge in [-0.2, -0.15) is 0 Å². The first kappa shape index (κ1) is 17.0. The Kier molecular flexibility index (Phi) is 4.91. The Bertz CT molecular complexity index is 690. The number of halogens is 3. The van der Waals surface area contributed by atoms with Crippen molar-refractivity contribution in [3.05, 3.63) is 47.3 Å². The van der Waals surface area contributed by atoms with Crippen molar-refractivity contribution in [2.24, 2.45) is 0 Å². The van der Waals surface area contributed by atoms with Gasteiger partial charge in [-0.3, -0.25) is 5.32 Å². The van der Waals surface area contributed by atoms with Crippen LogP contribution in [-0.2, 0) is 0 Å². The molecule has 0 spiro atoms. The molecule has 1 saturated heterocycles. The van der Waals surface area contributed by atoms with E-state index >= 15 is 0 Å². The van der Waals surface area contributed by atoms with Gasteiger partial charge in [-0.05, 0) is 35.2 Å². The van der Waals surface area contributed by atoms with E-state index in [9.17, 15) is 18.0 Å². The van der Waals surface area contributed by atoms with Gasteiger partial charge in [0.1, 0.15) is 11.1 Å². The van der Waals surface area contributed by atoms with Crippen LogP contribution in [0.5, 0.6) is 5.75 Å². The van der Waals surface area contributed by atoms with Gasteiger partial charge in [-0.25, -0.2) is 4.79 Å². The second kappa shape index (κ2) is 6.94. The number of amides is 2. The highest BCUT2D eigenvalue weighted by Gasteiger charge is 2.33. The van der Waals surface area contributed by atoms with E-state index in [0.717, 1.165) is 16.3 Å². The summed E-state index contributed by atoms with van der Waals surface area (Å²) in [6.07, 6.45) is -4.71. The number of nitrogens with zero attached hydrogens (tertiary/aromatic N) is 1. The van der Waals surface area contributed by atoms with Crippen LogP contribution >= 0.6 is 23.1 Å². The van der Waals surface area contributed by atoms with Gasteiger partial charge in [-0.15, -0.1) is 36.3 Å². The number of nitrogens with one attached hydrogen (secondary N) is 1. The number of carbonyl (C=O) groups is 1. The van der Waals surface area contributed by atoms with Gasteiger partial charge in [0.25, 0.3) is 0 Å². The molecule has 0 bridgehead atoms. The van der Waals surface area contributed by atoms with Crippen LogP contribution < -0.4 is 10.1 Å². The SMILES string of the molecule is O=C(Nc1cccs1)N1CCSC1c1ccc(OC(F)(F)F)cc1. The van der Waals surface area contributed by atoms with Crippen molar-refractivity contribution in [3.8, 4) is 5.75 Å². The molecule has 1 atom stereocenters. The van der Waals surface area contributed by atoms with Crippen LogP contribution in [0.3, 0.4) is 0 Å². The number of benzene rings is 1. The van der Waals surface area contributed by atoms with Gasteiger partial charge in [0.2, 0.25) is 0 Å². The van der Waals surface area contributed by atoms with E-state index in [2.05, 4.69) is 10.1 Å². The van der Waals surface area contributed by atoms with Crippen molar-refractivity contribution in [2.75, 3.05) is 17.6 Å². The third kappa shape index (κ3) is 4.15. The normalized spacial score (nSPS) is 17.8. The molecular formula is C15H13F3N2O2S2. The summed E-state index contributed by atoms with van der Waals surface area (Å²) in [7, 11) is 0. The average molecular weight is 374 g/mol. The van der Waals surface area contributed by atoms with Crippen LogP contribution in [0.25, 0.3) is 0 Å². The minimum atomic E-state index is -4.71. The van der Waals surface area contributed by atoms with Gasteiger partial charge in [0, 0.05) is 12.3 Å². The number of anilines is 1. The second-order valence-corrected chi connectivity index (χ2v) is 7.08. The van der Waals surface area contributed by atoms with Gasteiger partial charge in [-0.1, -0.05) is 12.1 Å². The Morgan fingerprint density at radius 3 is 2.62 bits per heavy atom. The summed E-state index contributed by atoms with van der Waals surface area (Å²) in [6, 6.07) is 9.06. The summed E-state index contributed by atoms with van der Waals surface area (Å²) < 4.78 is 40.5. The molecule has 0 aliphatic carbocycles. The molecule has 1 aliphatic heterocycles. The van der Waals surface area contributed by atoms with Gasteiger partial charge in [0.15, 0.2) is 0 Å². The predicted octanol–water partition coefficient (Wildman–Crippen LogP) is 4.93. The van der Waals surface area contributed by atoms with Gasteiger partial charge < -0.3 is 9.64 Å². The number of urea groups is 1. The number of ether oxygens (including phenoxy) is 1. The van der Waals surface area contributed by atoms with E-state index in [1.807, 2.05) is 17.5 Å². The lowest BCUT2D eigenvalue weighted by Gasteiger charge is -2.24. The summed E-state index contributed by atoms with van der Waals surface area (Å²) >= 11 is 2.99. The van der Waals surface area contributed by atoms with Crippen LogP contribution in [0.4, 0.5) is 23.0 Å². The Labute approximate surface area is 144 Å². The van der Waals surface area contributed by atoms with Crippen molar-refractivity contribution < 1.29 is 22.7 Å². The van der Waals surface area contributed by atoms with E-state index in [0.29, 0.717) is 6.54 Å². The minimum absolute atomic E-state index is 0.219. The number of thioether (sulfide) groups is 1. The molecule has 1 aromatic carbocycles. The summed E-state index contributed by atoms with van der Waals surface area (Å²) in [6.45, 7) is 0.577. The van der Waals surface area contributed by atoms with Crippen LogP contribution in [-0.4, -0.2) is 29.6 Å². The lowest BCUT2D eigenvalue weighted by atomic mass is 10.2. The molecule has 3 rings (SSSR count). The topological polar surface area (TPSA) is 41.6 Å². The van der Waals surface area contributed by atoms with Crippen molar-refractivity contribution in [2.45, 2.75) is 11.7 Å². The molecule has 4 nitrogen and oxygen atoms in total. The number of alkyl halides is 3. The first-order chi connectivity index (χ1) is 11.4. The van der Waals surface area contributed by atoms with Crippen LogP contribution in [0.2, 0.25) is 0 Å². The molecule has 2 heterocycles. The maximum Gasteiger partial charge on any atom is 0.573 e. The zero-order valence-electron chi connectivity index (χ0n) is 12.2. The fraction of sp³-hybridized carbons (Fsp3) is 0.267. The number of hydrogen-bond donors (Lipinski definition) is 1. The highest BCUT2D eigenvalue weighted by Crippen LogP contribution is 2.39. The van der Waals surface area contributed by atoms with E-state index in [1.165, 1.54) is 23.5 Å². The highest BCUT2D eigenvalue weighted by molar-refractivity contribution is 7.99. The predicted molar refractivity (Wildman–Crippen MR) is 88.4 cm³/mol. The Balaban J connectivity index is 1.69. The standard InChI is InChI=1S/C15H13F3N2O2S2/c16-15(17,18)22-11-5-3-10(4-6-11)13-20(7-9-24-13)14(21)19-12-2-1-8-23-12/h1-6,8,13H,7,9H2,(H,19,21). The van der Waals surface area contributed by atoms with E-state index in [-0.39, 0.29) is 17.2 Å². The Hall–Kier alpha value is -1.87. The molecule has 1 aliphatic rings. The molecule has 128 valence electrons. The molecule has 2 aromatic rings. The number of thiophene rings is 1. The summed E-state index contributed by atoms with van der Waals surface area (Å²) in [5.41, 5.74) is 0.758.